The minimum Gasteiger partial charge on any atom is -0.383 e. The molecule has 128 valence electrons. The van der Waals surface area contributed by atoms with Crippen molar-refractivity contribution in [2.45, 2.75) is 19.9 Å². The molecular formula is C16H26IN5O. The van der Waals surface area contributed by atoms with Crippen molar-refractivity contribution in [3.05, 3.63) is 30.6 Å². The van der Waals surface area contributed by atoms with Crippen molar-refractivity contribution in [1.82, 2.24) is 20.2 Å². The average Bonchev–Trinajstić information content (AvgIpc) is 2.95. The van der Waals surface area contributed by atoms with Gasteiger partial charge in [-0.25, -0.2) is 4.98 Å². The Morgan fingerprint density at radius 2 is 2.13 bits per heavy atom. The highest BCUT2D eigenvalue weighted by Gasteiger charge is 2.01. The first-order valence-electron chi connectivity index (χ1n) is 7.76. The maximum Gasteiger partial charge on any atom is 0.191 e. The smallest absolute Gasteiger partial charge is 0.191 e. The van der Waals surface area contributed by atoms with E-state index in [1.54, 1.807) is 7.11 Å². The van der Waals surface area contributed by atoms with Crippen molar-refractivity contribution >= 4 is 41.0 Å². The topological polar surface area (TPSA) is 63.5 Å². The Morgan fingerprint density at radius 3 is 2.91 bits per heavy atom. The maximum atomic E-state index is 5.03. The van der Waals surface area contributed by atoms with E-state index in [2.05, 4.69) is 38.2 Å². The molecule has 7 heteroatoms. The summed E-state index contributed by atoms with van der Waals surface area (Å²) in [5.74, 6) is 0.843. The number of halogens is 1. The molecule has 6 nitrogen and oxygen atoms in total. The fourth-order valence-corrected chi connectivity index (χ4v) is 2.23. The summed E-state index contributed by atoms with van der Waals surface area (Å²) < 4.78 is 7.21. The fraction of sp³-hybridized carbons (Fsp3) is 0.500. The molecule has 0 spiro atoms. The molecule has 0 aliphatic carbocycles. The van der Waals surface area contributed by atoms with Crippen LogP contribution >= 0.6 is 24.0 Å². The van der Waals surface area contributed by atoms with E-state index < -0.39 is 0 Å². The number of methoxy groups -OCH3 is 1. The van der Waals surface area contributed by atoms with Crippen molar-refractivity contribution in [3.8, 4) is 0 Å². The van der Waals surface area contributed by atoms with E-state index in [4.69, 9.17) is 4.74 Å². The summed E-state index contributed by atoms with van der Waals surface area (Å²) in [6.07, 6.45) is 2.87. The van der Waals surface area contributed by atoms with Crippen molar-refractivity contribution in [2.24, 2.45) is 4.99 Å². The van der Waals surface area contributed by atoms with Gasteiger partial charge in [0, 0.05) is 33.3 Å². The lowest BCUT2D eigenvalue weighted by Gasteiger charge is -2.10. The molecule has 0 aliphatic rings. The van der Waals surface area contributed by atoms with Crippen LogP contribution in [0.1, 0.15) is 13.3 Å². The normalized spacial score (nSPS) is 11.3. The molecule has 0 bridgehead atoms. The minimum atomic E-state index is 0. The summed E-state index contributed by atoms with van der Waals surface area (Å²) in [5, 5.41) is 6.47. The third-order valence-corrected chi connectivity index (χ3v) is 3.30. The van der Waals surface area contributed by atoms with Crippen LogP contribution in [-0.2, 0) is 11.3 Å². The van der Waals surface area contributed by atoms with Gasteiger partial charge in [-0.2, -0.15) is 0 Å². The molecule has 0 unspecified atom stereocenters. The number of guanidine groups is 1. The SMILES string of the molecule is CCNC(=NCCCn1cnc2ccccc21)NCCOC.I. The minimum absolute atomic E-state index is 0. The standard InChI is InChI=1S/C16H25N5O.HI/c1-3-17-16(19-10-12-22-2)18-9-6-11-21-13-20-14-7-4-5-8-15(14)21;/h4-5,7-8,13H,3,6,9-12H2,1-2H3,(H2,17,18,19);1H. The molecule has 1 heterocycles. The number of nitrogens with one attached hydrogen (secondary N) is 2. The predicted octanol–water partition coefficient (Wildman–Crippen LogP) is 2.25. The highest BCUT2D eigenvalue weighted by molar-refractivity contribution is 14.0. The van der Waals surface area contributed by atoms with Gasteiger partial charge in [0.1, 0.15) is 0 Å². The highest BCUT2D eigenvalue weighted by Crippen LogP contribution is 2.11. The van der Waals surface area contributed by atoms with E-state index in [-0.39, 0.29) is 24.0 Å². The second-order valence-corrected chi connectivity index (χ2v) is 4.96. The van der Waals surface area contributed by atoms with Crippen molar-refractivity contribution in [3.63, 3.8) is 0 Å². The summed E-state index contributed by atoms with van der Waals surface area (Å²) in [6.45, 7) is 6.03. The number of aromatic nitrogens is 2. The molecule has 0 fully saturated rings. The van der Waals surface area contributed by atoms with Crippen LogP contribution in [0.3, 0.4) is 0 Å². The lowest BCUT2D eigenvalue weighted by atomic mass is 10.3. The van der Waals surface area contributed by atoms with E-state index in [9.17, 15) is 0 Å². The zero-order valence-corrected chi connectivity index (χ0v) is 16.1. The number of rotatable bonds is 8. The number of aliphatic imine (C=N–C) groups is 1. The van der Waals surface area contributed by atoms with E-state index in [1.165, 1.54) is 5.52 Å². The Balaban J connectivity index is 0.00000264. The molecule has 1 aromatic carbocycles. The van der Waals surface area contributed by atoms with Gasteiger partial charge in [0.25, 0.3) is 0 Å². The molecule has 2 aromatic rings. The van der Waals surface area contributed by atoms with Crippen LogP contribution in [-0.4, -0.2) is 48.9 Å². The first kappa shape index (κ1) is 19.7. The predicted molar refractivity (Wildman–Crippen MR) is 106 cm³/mol. The molecule has 23 heavy (non-hydrogen) atoms. The van der Waals surface area contributed by atoms with Crippen LogP contribution in [0.15, 0.2) is 35.6 Å². The number of hydrogen-bond donors (Lipinski definition) is 2. The monoisotopic (exact) mass is 431 g/mol. The van der Waals surface area contributed by atoms with Gasteiger partial charge in [0.2, 0.25) is 0 Å². The fourth-order valence-electron chi connectivity index (χ4n) is 2.23. The van der Waals surface area contributed by atoms with Gasteiger partial charge in [-0.15, -0.1) is 24.0 Å². The number of hydrogen-bond acceptors (Lipinski definition) is 3. The van der Waals surface area contributed by atoms with Crippen LogP contribution in [0.5, 0.6) is 0 Å². The van der Waals surface area contributed by atoms with Gasteiger partial charge < -0.3 is 19.9 Å². The van der Waals surface area contributed by atoms with Gasteiger partial charge in [0.15, 0.2) is 5.96 Å². The van der Waals surface area contributed by atoms with Crippen LogP contribution in [0.4, 0.5) is 0 Å². The van der Waals surface area contributed by atoms with Gasteiger partial charge in [-0.3, -0.25) is 4.99 Å². The number of ether oxygens (including phenoxy) is 1. The van der Waals surface area contributed by atoms with E-state index in [0.29, 0.717) is 6.61 Å². The van der Waals surface area contributed by atoms with Crippen LogP contribution in [0.2, 0.25) is 0 Å². The molecule has 0 aliphatic heterocycles. The lowest BCUT2D eigenvalue weighted by molar-refractivity contribution is 0.203. The largest absolute Gasteiger partial charge is 0.383 e. The molecule has 0 atom stereocenters. The summed E-state index contributed by atoms with van der Waals surface area (Å²) in [7, 11) is 1.70. The van der Waals surface area contributed by atoms with Gasteiger partial charge >= 0.3 is 0 Å². The summed E-state index contributed by atoms with van der Waals surface area (Å²) >= 11 is 0. The Labute approximate surface area is 154 Å². The third kappa shape index (κ3) is 6.34. The maximum absolute atomic E-state index is 5.03. The zero-order chi connectivity index (χ0) is 15.6. The van der Waals surface area contributed by atoms with E-state index in [0.717, 1.165) is 44.1 Å². The van der Waals surface area contributed by atoms with E-state index in [1.807, 2.05) is 24.5 Å². The molecule has 0 saturated carbocycles. The third-order valence-electron chi connectivity index (χ3n) is 3.30. The molecule has 0 saturated heterocycles. The van der Waals surface area contributed by atoms with Crippen LogP contribution in [0, 0.1) is 0 Å². The Bertz CT molecular complexity index is 599. The van der Waals surface area contributed by atoms with Crippen LogP contribution < -0.4 is 10.6 Å². The Hall–Kier alpha value is -1.35. The summed E-state index contributed by atoms with van der Waals surface area (Å²) in [6, 6.07) is 8.19. The molecule has 0 amide bonds. The molecule has 0 radical (unpaired) electrons. The zero-order valence-electron chi connectivity index (χ0n) is 13.8. The number of benzene rings is 1. The van der Waals surface area contributed by atoms with Crippen molar-refractivity contribution in [1.29, 1.82) is 0 Å². The van der Waals surface area contributed by atoms with Gasteiger partial charge in [-0.05, 0) is 25.5 Å². The Morgan fingerprint density at radius 1 is 1.30 bits per heavy atom. The molecule has 1 aromatic heterocycles. The molecule has 2 N–H and O–H groups in total. The number of fused-ring (bicyclic) bond motifs is 1. The average molecular weight is 431 g/mol. The quantitative estimate of drug-likeness (QED) is 0.291. The summed E-state index contributed by atoms with van der Waals surface area (Å²) in [4.78, 5) is 8.97. The van der Waals surface area contributed by atoms with Gasteiger partial charge in [-0.1, -0.05) is 12.1 Å². The first-order chi connectivity index (χ1) is 10.8. The number of imidazole rings is 1. The molecule has 2 rings (SSSR count). The second kappa shape index (κ2) is 11.2. The lowest BCUT2D eigenvalue weighted by Crippen LogP contribution is -2.39. The van der Waals surface area contributed by atoms with Crippen molar-refractivity contribution in [2.75, 3.05) is 33.4 Å². The summed E-state index contributed by atoms with van der Waals surface area (Å²) in [5.41, 5.74) is 2.22. The van der Waals surface area contributed by atoms with Gasteiger partial charge in [0.05, 0.1) is 24.0 Å². The second-order valence-electron chi connectivity index (χ2n) is 4.96. The Kier molecular flexibility index (Phi) is 9.61. The first-order valence-corrected chi connectivity index (χ1v) is 7.76. The number of aryl methyl sites for hydroxylation is 1. The van der Waals surface area contributed by atoms with E-state index >= 15 is 0 Å². The molecular weight excluding hydrogens is 405 g/mol. The number of para-hydroxylation sites is 2. The van der Waals surface area contributed by atoms with Crippen LogP contribution in [0.25, 0.3) is 11.0 Å². The highest BCUT2D eigenvalue weighted by atomic mass is 127. The van der Waals surface area contributed by atoms with Crippen molar-refractivity contribution < 1.29 is 4.74 Å². The number of nitrogens with zero attached hydrogens (tertiary/aromatic N) is 3.